The van der Waals surface area contributed by atoms with E-state index >= 15 is 0 Å². The van der Waals surface area contributed by atoms with Crippen molar-refractivity contribution in [3.8, 4) is 78.5 Å². The Hall–Kier alpha value is -6.97. The van der Waals surface area contributed by atoms with Gasteiger partial charge in [0, 0.05) is 16.7 Å². The van der Waals surface area contributed by atoms with Gasteiger partial charge in [-0.1, -0.05) is 210 Å². The first-order valence-corrected chi connectivity index (χ1v) is 23.6. The molecule has 1 aromatic heterocycles. The smallest absolute Gasteiger partial charge is 0.149 e. The molecular weight excluding hydrogens is 825 g/mol. The van der Waals surface area contributed by atoms with Crippen LogP contribution in [0.2, 0.25) is 0 Å². The molecule has 3 heteroatoms. The Balaban J connectivity index is 1.39. The van der Waals surface area contributed by atoms with Crippen molar-refractivity contribution in [2.45, 2.75) is 105 Å². The fraction of sp³-hybridized carbons (Fsp3) is 0.246. The number of hydrogen-bond acceptors (Lipinski definition) is 2. The molecule has 0 bridgehead atoms. The van der Waals surface area contributed by atoms with Crippen molar-refractivity contribution in [2.75, 3.05) is 0 Å². The summed E-state index contributed by atoms with van der Waals surface area (Å²) in [5.74, 6) is 0.721. The van der Waals surface area contributed by atoms with Gasteiger partial charge < -0.3 is 5.11 Å². The summed E-state index contributed by atoms with van der Waals surface area (Å²) in [5.41, 5.74) is 10.5. The maximum absolute atomic E-state index is 12.7. The average molecular weight is 898 g/mol. The maximum atomic E-state index is 12.7. The van der Waals surface area contributed by atoms with Crippen LogP contribution in [-0.2, 0) is 21.7 Å². The quantitative estimate of drug-likeness (QED) is 0.173. The number of phenols is 1. The summed E-state index contributed by atoms with van der Waals surface area (Å²) in [5, 5.41) is 12.7. The second-order valence-electron chi connectivity index (χ2n) is 22.2. The van der Waals surface area contributed by atoms with E-state index in [0.717, 1.165) is 55.7 Å². The van der Waals surface area contributed by atoms with Gasteiger partial charge in [-0.05, 0) is 131 Å². The molecule has 3 nitrogen and oxygen atoms in total. The lowest BCUT2D eigenvalue weighted by Gasteiger charge is -2.28. The van der Waals surface area contributed by atoms with Crippen LogP contribution < -0.4 is 0 Å². The van der Waals surface area contributed by atoms with Crippen molar-refractivity contribution in [2.24, 2.45) is 0 Å². The highest BCUT2D eigenvalue weighted by molar-refractivity contribution is 5.99. The summed E-state index contributed by atoms with van der Waals surface area (Å²) in [6.45, 7) is 25.0. The number of benzene rings is 8. The lowest BCUT2D eigenvalue weighted by molar-refractivity contribution is 0.446. The van der Waals surface area contributed by atoms with Crippen LogP contribution in [0, 0.1) is 0 Å². The monoisotopic (exact) mass is 898 g/mol. The van der Waals surface area contributed by atoms with Gasteiger partial charge in [-0.2, -0.15) is 0 Å². The highest BCUT2D eigenvalue weighted by Crippen LogP contribution is 2.46. The molecule has 0 aliphatic carbocycles. The van der Waals surface area contributed by atoms with Crippen LogP contribution in [0.3, 0.4) is 0 Å². The topological polar surface area (TPSA) is 38.1 Å². The molecule has 0 aliphatic heterocycles. The molecule has 0 amide bonds. The SMILES string of the molecule is [2H]c1cc(-c2cc(-c3ccccc3)cc(-c3cccc4c3nc(-c3cc(C(C)(C)C)cc(C(C)(C)C)c3O)n4-c3ccc(C(C)(C)C)cc3-c3ccccc3)c2)c([2H])c(-c2c([2H])c([2H])c(C(C)(C)C)c([2H])c2[2H])c1[2H]. The van der Waals surface area contributed by atoms with Gasteiger partial charge in [0.05, 0.1) is 31.9 Å². The molecule has 8 aromatic carbocycles. The normalized spacial score (nSPS) is 13.9. The fourth-order valence-electron chi connectivity index (χ4n) is 8.82. The molecule has 0 saturated carbocycles. The number of hydrogen-bond donors (Lipinski definition) is 1. The van der Waals surface area contributed by atoms with Crippen LogP contribution in [0.15, 0.2) is 176 Å². The highest BCUT2D eigenvalue weighted by atomic mass is 16.3. The molecule has 9 aromatic rings. The lowest BCUT2D eigenvalue weighted by Crippen LogP contribution is -2.17. The standard InChI is InChI=1S/C65H66N2O/c1-62(2,3)50-31-29-43(30-32-50)45-25-19-26-46(35-45)48-36-47(42-21-15-13-16-22-42)37-49(38-48)53-27-20-28-58-59(53)66-61(55-40-52(64(7,8)9)41-56(60(55)68)65(10,11)12)67(58)57-34-33-51(63(4,5)6)39-54(57)44-23-17-14-18-24-44/h13-41,68H,1-12H3/i19D,25D,29D,30D,31D,32D,35D. The van der Waals surface area contributed by atoms with Crippen LogP contribution in [-0.4, -0.2) is 14.7 Å². The van der Waals surface area contributed by atoms with Crippen molar-refractivity contribution in [1.29, 1.82) is 0 Å². The first-order valence-electron chi connectivity index (χ1n) is 27.1. The fourth-order valence-corrected chi connectivity index (χ4v) is 8.82. The van der Waals surface area contributed by atoms with Gasteiger partial charge in [-0.15, -0.1) is 0 Å². The Morgan fingerprint density at radius 3 is 1.63 bits per heavy atom. The van der Waals surface area contributed by atoms with Gasteiger partial charge >= 0.3 is 0 Å². The first-order chi connectivity index (χ1) is 35.1. The molecule has 0 atom stereocenters. The summed E-state index contributed by atoms with van der Waals surface area (Å²) in [6, 6.07) is 42.7. The maximum Gasteiger partial charge on any atom is 0.149 e. The van der Waals surface area contributed by atoms with E-state index in [4.69, 9.17) is 10.5 Å². The summed E-state index contributed by atoms with van der Waals surface area (Å²) < 4.78 is 66.8. The zero-order chi connectivity index (χ0) is 54.4. The molecule has 1 N–H and O–H groups in total. The van der Waals surface area contributed by atoms with Gasteiger partial charge in [-0.3, -0.25) is 4.57 Å². The van der Waals surface area contributed by atoms with E-state index in [-0.39, 0.29) is 75.6 Å². The zero-order valence-corrected chi connectivity index (χ0v) is 41.5. The number of nitrogens with zero attached hydrogens (tertiary/aromatic N) is 2. The van der Waals surface area contributed by atoms with Crippen molar-refractivity contribution < 1.29 is 14.7 Å². The molecule has 0 aliphatic rings. The second-order valence-corrected chi connectivity index (χ2v) is 22.2. The minimum absolute atomic E-state index is 0.134. The van der Waals surface area contributed by atoms with Crippen LogP contribution in [0.5, 0.6) is 5.75 Å². The van der Waals surface area contributed by atoms with Crippen molar-refractivity contribution >= 4 is 11.0 Å². The van der Waals surface area contributed by atoms with E-state index in [9.17, 15) is 9.22 Å². The van der Waals surface area contributed by atoms with Gasteiger partial charge in [-0.25, -0.2) is 4.98 Å². The van der Waals surface area contributed by atoms with Crippen molar-refractivity contribution in [3.05, 3.63) is 198 Å². The highest BCUT2D eigenvalue weighted by Gasteiger charge is 2.30. The molecular formula is C65H66N2O. The molecule has 9 rings (SSSR count). The molecule has 0 unspecified atom stereocenters. The number of para-hydroxylation sites is 1. The molecule has 0 radical (unpaired) electrons. The van der Waals surface area contributed by atoms with Crippen molar-refractivity contribution in [3.63, 3.8) is 0 Å². The first kappa shape index (κ1) is 38.0. The van der Waals surface area contributed by atoms with Gasteiger partial charge in [0.1, 0.15) is 11.6 Å². The Kier molecular flexibility index (Phi) is 9.67. The minimum Gasteiger partial charge on any atom is -0.507 e. The number of phenolic OH excluding ortho intramolecular Hbond substituents is 1. The van der Waals surface area contributed by atoms with Gasteiger partial charge in [0.15, 0.2) is 0 Å². The molecule has 1 heterocycles. The van der Waals surface area contributed by atoms with Crippen LogP contribution in [0.25, 0.3) is 83.7 Å². The number of aromatic hydroxyl groups is 1. The predicted octanol–water partition coefficient (Wildman–Crippen LogP) is 17.9. The number of rotatable bonds is 7. The number of imidazole rings is 1. The summed E-state index contributed by atoms with van der Waals surface area (Å²) >= 11 is 0. The van der Waals surface area contributed by atoms with Crippen molar-refractivity contribution in [1.82, 2.24) is 9.55 Å². The predicted molar refractivity (Wildman–Crippen MR) is 290 cm³/mol. The zero-order valence-electron chi connectivity index (χ0n) is 48.5. The molecule has 342 valence electrons. The van der Waals surface area contributed by atoms with Crippen LogP contribution in [0.4, 0.5) is 0 Å². The third-order valence-electron chi connectivity index (χ3n) is 12.9. The third-order valence-corrected chi connectivity index (χ3v) is 12.9. The average Bonchev–Trinajstić information content (AvgIpc) is 3.76. The number of fused-ring (bicyclic) bond motifs is 1. The summed E-state index contributed by atoms with van der Waals surface area (Å²) in [6.07, 6.45) is 0. The van der Waals surface area contributed by atoms with Gasteiger partial charge in [0.2, 0.25) is 0 Å². The molecule has 0 fully saturated rings. The summed E-state index contributed by atoms with van der Waals surface area (Å²) in [7, 11) is 0. The van der Waals surface area contributed by atoms with Crippen LogP contribution >= 0.6 is 0 Å². The van der Waals surface area contributed by atoms with E-state index < -0.39 is 10.8 Å². The van der Waals surface area contributed by atoms with E-state index in [0.29, 0.717) is 28.0 Å². The van der Waals surface area contributed by atoms with E-state index in [1.54, 1.807) is 0 Å². The second kappa shape index (κ2) is 17.3. The Morgan fingerprint density at radius 2 is 1.01 bits per heavy atom. The lowest BCUT2D eigenvalue weighted by atomic mass is 9.79. The van der Waals surface area contributed by atoms with E-state index in [1.165, 1.54) is 11.6 Å². The van der Waals surface area contributed by atoms with Crippen LogP contribution in [0.1, 0.15) is 115 Å². The van der Waals surface area contributed by atoms with E-state index in [1.807, 2.05) is 93.6 Å². The molecule has 68 heavy (non-hydrogen) atoms. The minimum atomic E-state index is -0.713. The Morgan fingerprint density at radius 1 is 0.426 bits per heavy atom. The largest absolute Gasteiger partial charge is 0.507 e. The third kappa shape index (κ3) is 9.07. The van der Waals surface area contributed by atoms with Gasteiger partial charge in [0.25, 0.3) is 0 Å². The van der Waals surface area contributed by atoms with E-state index in [2.05, 4.69) is 121 Å². The number of aromatic nitrogens is 2. The Labute approximate surface area is 415 Å². The molecule has 0 spiro atoms. The summed E-state index contributed by atoms with van der Waals surface area (Å²) in [4.78, 5) is 5.64. The molecule has 0 saturated heterocycles. The Bertz CT molecular complexity index is 3690.